The minimum absolute atomic E-state index is 0.0481. The summed E-state index contributed by atoms with van der Waals surface area (Å²) in [5.74, 6) is -3.75. The molecule has 0 N–H and O–H groups in total. The van der Waals surface area contributed by atoms with Crippen molar-refractivity contribution in [1.82, 2.24) is 4.90 Å². The number of fused-ring (bicyclic) bond motifs is 2. The van der Waals surface area contributed by atoms with Crippen molar-refractivity contribution in [3.63, 3.8) is 0 Å². The van der Waals surface area contributed by atoms with Gasteiger partial charge in [-0.1, -0.05) is 13.8 Å². The van der Waals surface area contributed by atoms with Crippen molar-refractivity contribution < 1.29 is 52.3 Å². The fourth-order valence-electron chi connectivity index (χ4n) is 12.8. The van der Waals surface area contributed by atoms with Gasteiger partial charge in [-0.25, -0.2) is 0 Å². The van der Waals surface area contributed by atoms with Crippen molar-refractivity contribution in [3.05, 3.63) is 0 Å². The molecule has 1 aliphatic heterocycles. The number of esters is 4. The van der Waals surface area contributed by atoms with Gasteiger partial charge in [-0.2, -0.15) is 0 Å². The van der Waals surface area contributed by atoms with Gasteiger partial charge in [0.25, 0.3) is 0 Å². The third-order valence-electron chi connectivity index (χ3n) is 13.2. The fraction of sp³-hybridized carbons (Fsp3) is 0.879. The number of hydrogen-bond acceptors (Lipinski definition) is 12. The Morgan fingerprint density at radius 1 is 0.800 bits per heavy atom. The van der Waals surface area contributed by atoms with Crippen molar-refractivity contribution in [1.29, 1.82) is 0 Å². The largest absolute Gasteiger partial charge is 0.458 e. The van der Waals surface area contributed by atoms with Gasteiger partial charge in [0.1, 0.15) is 6.10 Å². The van der Waals surface area contributed by atoms with Gasteiger partial charge in [-0.3, -0.25) is 19.2 Å². The molecule has 252 valence electrons. The van der Waals surface area contributed by atoms with Gasteiger partial charge in [-0.15, -0.1) is 0 Å². The molecule has 1 saturated heterocycles. The Bertz CT molecular complexity index is 1270. The monoisotopic (exact) mass is 635 g/mol. The molecule has 12 nitrogen and oxygen atoms in total. The summed E-state index contributed by atoms with van der Waals surface area (Å²) < 4.78 is 44.6. The highest BCUT2D eigenvalue weighted by atomic mass is 16.6. The molecule has 0 aromatic rings. The molecular weight excluding hydrogens is 586 g/mol. The maximum atomic E-state index is 13.4. The lowest BCUT2D eigenvalue weighted by molar-refractivity contribution is -0.322. The molecule has 5 saturated carbocycles. The SMILES string of the molecule is CC[C@]12CN(C)C3[C@@H]4[C@H](OC)[C@H]1[C@@]3([C@@H](OC)C[C@H]2C)[C@@H]1C[C@@]2(OC(C)=O)[C@H](OC(C)=O)[C@@H]1[C@]4(OC(C)=O)[C@@H](OC(C)=O)[C@@H]2OC. The lowest BCUT2D eigenvalue weighted by Gasteiger charge is -2.70. The Morgan fingerprint density at radius 3 is 1.93 bits per heavy atom. The molecule has 1 unspecified atom stereocenters. The Morgan fingerprint density at radius 2 is 1.42 bits per heavy atom. The minimum Gasteiger partial charge on any atom is -0.458 e. The number of nitrogens with zero attached hydrogens (tertiary/aromatic N) is 1. The Labute approximate surface area is 265 Å². The highest BCUT2D eigenvalue weighted by molar-refractivity contribution is 5.71. The van der Waals surface area contributed by atoms with Crippen LogP contribution in [0.1, 0.15) is 60.8 Å². The average molecular weight is 636 g/mol. The van der Waals surface area contributed by atoms with Crippen molar-refractivity contribution in [2.24, 2.45) is 40.4 Å². The molecule has 0 amide bonds. The topological polar surface area (TPSA) is 136 Å². The second-order valence-corrected chi connectivity index (χ2v) is 14.6. The Balaban J connectivity index is 1.77. The van der Waals surface area contributed by atoms with Gasteiger partial charge >= 0.3 is 23.9 Å². The Hall–Kier alpha value is -2.28. The molecule has 7 bridgehead atoms. The van der Waals surface area contributed by atoms with Crippen LogP contribution in [-0.2, 0) is 52.3 Å². The van der Waals surface area contributed by atoms with E-state index in [2.05, 4.69) is 25.8 Å². The summed E-state index contributed by atoms with van der Waals surface area (Å²) in [6, 6.07) is -0.232. The molecule has 1 spiro atoms. The zero-order chi connectivity index (χ0) is 33.0. The predicted octanol–water partition coefficient (Wildman–Crippen LogP) is 2.14. The van der Waals surface area contributed by atoms with E-state index in [0.29, 0.717) is 0 Å². The summed E-state index contributed by atoms with van der Waals surface area (Å²) >= 11 is 0. The van der Waals surface area contributed by atoms with Crippen LogP contribution in [0.25, 0.3) is 0 Å². The van der Waals surface area contributed by atoms with Crippen LogP contribution in [0.4, 0.5) is 0 Å². The molecule has 15 atom stereocenters. The molecule has 6 fully saturated rings. The van der Waals surface area contributed by atoms with Crippen LogP contribution in [0.3, 0.4) is 0 Å². The first-order chi connectivity index (χ1) is 21.2. The maximum absolute atomic E-state index is 13.4. The smallest absolute Gasteiger partial charge is 0.303 e. The number of likely N-dealkylation sites (tertiary alicyclic amines) is 1. The highest BCUT2D eigenvalue weighted by Crippen LogP contribution is 2.82. The standard InChI is InChI=1S/C33H49NO11/c1-11-30-14-34(7)26-23-24(40-9)25(30)32(26,21(39-8)12-15(30)2)20-13-31(44-18(5)37)27(42-16(3)35)22(20)33(23,45-19(6)38)29(28(31)41-10)43-17(4)36/h15,20-29H,11-14H2,1-10H3/t15-,20-,21+,22-,23+,24+,25-,26?,27-,28+,29+,30-,31-,32+,33-/m1/s1. The van der Waals surface area contributed by atoms with Gasteiger partial charge in [0.05, 0.1) is 12.2 Å². The number of piperidine rings is 1. The first kappa shape index (κ1) is 32.7. The zero-order valence-electron chi connectivity index (χ0n) is 28.1. The van der Waals surface area contributed by atoms with Crippen molar-refractivity contribution in [2.75, 3.05) is 34.9 Å². The first-order valence-corrected chi connectivity index (χ1v) is 16.2. The molecule has 12 heteroatoms. The molecule has 6 rings (SSSR count). The summed E-state index contributed by atoms with van der Waals surface area (Å²) in [6.45, 7) is 10.6. The zero-order valence-corrected chi connectivity index (χ0v) is 28.1. The van der Waals surface area contributed by atoms with Gasteiger partial charge in [0.15, 0.2) is 23.4 Å². The highest BCUT2D eigenvalue weighted by Gasteiger charge is 2.93. The van der Waals surface area contributed by atoms with Crippen LogP contribution in [0.5, 0.6) is 0 Å². The maximum Gasteiger partial charge on any atom is 0.303 e. The number of carbonyl (C=O) groups excluding carboxylic acids is 4. The van der Waals surface area contributed by atoms with E-state index in [1.54, 1.807) is 14.2 Å². The van der Waals surface area contributed by atoms with E-state index in [0.717, 1.165) is 19.4 Å². The van der Waals surface area contributed by atoms with Gasteiger partial charge in [0, 0.05) is 84.8 Å². The second-order valence-electron chi connectivity index (χ2n) is 14.6. The van der Waals surface area contributed by atoms with E-state index < -0.39 is 76.7 Å². The molecule has 0 radical (unpaired) electrons. The quantitative estimate of drug-likeness (QED) is 0.286. The van der Waals surface area contributed by atoms with E-state index in [-0.39, 0.29) is 41.7 Å². The van der Waals surface area contributed by atoms with Crippen LogP contribution in [0.15, 0.2) is 0 Å². The molecular formula is C33H49NO11. The average Bonchev–Trinajstić information content (AvgIpc) is 3.34. The van der Waals surface area contributed by atoms with Crippen molar-refractivity contribution in [3.8, 4) is 0 Å². The number of rotatable bonds is 8. The first-order valence-electron chi connectivity index (χ1n) is 16.2. The van der Waals surface area contributed by atoms with Crippen molar-refractivity contribution in [2.45, 2.75) is 109 Å². The summed E-state index contributed by atoms with van der Waals surface area (Å²) in [5, 5.41) is 0. The van der Waals surface area contributed by atoms with Crippen LogP contribution >= 0.6 is 0 Å². The van der Waals surface area contributed by atoms with Crippen LogP contribution in [0, 0.1) is 40.4 Å². The van der Waals surface area contributed by atoms with E-state index in [4.69, 9.17) is 33.2 Å². The summed E-state index contributed by atoms with van der Waals surface area (Å²) in [4.78, 5) is 54.6. The number of methoxy groups -OCH3 is 3. The molecule has 45 heavy (non-hydrogen) atoms. The van der Waals surface area contributed by atoms with Crippen molar-refractivity contribution >= 4 is 23.9 Å². The van der Waals surface area contributed by atoms with Crippen LogP contribution in [0.2, 0.25) is 0 Å². The van der Waals surface area contributed by atoms with E-state index in [1.807, 2.05) is 0 Å². The van der Waals surface area contributed by atoms with Gasteiger partial charge in [0.2, 0.25) is 0 Å². The third-order valence-corrected chi connectivity index (χ3v) is 13.2. The molecule has 0 aromatic heterocycles. The lowest BCUT2D eigenvalue weighted by Crippen LogP contribution is -2.81. The van der Waals surface area contributed by atoms with Gasteiger partial charge in [-0.05, 0) is 43.6 Å². The summed E-state index contributed by atoms with van der Waals surface area (Å²) in [5.41, 5.74) is -3.85. The fourth-order valence-corrected chi connectivity index (χ4v) is 12.8. The van der Waals surface area contributed by atoms with E-state index in [9.17, 15) is 19.2 Å². The van der Waals surface area contributed by atoms with Crippen LogP contribution in [-0.4, -0.2) is 111 Å². The summed E-state index contributed by atoms with van der Waals surface area (Å²) in [6.07, 6.45) is -2.14. The van der Waals surface area contributed by atoms with Gasteiger partial charge < -0.3 is 38.1 Å². The van der Waals surface area contributed by atoms with E-state index in [1.165, 1.54) is 34.8 Å². The van der Waals surface area contributed by atoms with Crippen LogP contribution < -0.4 is 0 Å². The molecule has 6 aliphatic rings. The number of hydrogen-bond donors (Lipinski definition) is 0. The Kier molecular flexibility index (Phi) is 7.70. The summed E-state index contributed by atoms with van der Waals surface area (Å²) in [7, 11) is 7.00. The lowest BCUT2D eigenvalue weighted by atomic mass is 9.41. The predicted molar refractivity (Wildman–Crippen MR) is 156 cm³/mol. The minimum atomic E-state index is -1.56. The normalized spacial score (nSPS) is 50.5. The second kappa shape index (κ2) is 10.6. The number of carbonyl (C=O) groups is 4. The number of ether oxygens (including phenoxy) is 7. The van der Waals surface area contributed by atoms with E-state index >= 15 is 0 Å². The molecule has 0 aromatic carbocycles. The third kappa shape index (κ3) is 3.74. The molecule has 5 aliphatic carbocycles. The molecule has 1 heterocycles.